The minimum Gasteiger partial charge on any atom is -0.496 e. The van der Waals surface area contributed by atoms with E-state index in [4.69, 9.17) is 4.74 Å². The van der Waals surface area contributed by atoms with Gasteiger partial charge in [-0.1, -0.05) is 36.4 Å². The van der Waals surface area contributed by atoms with Gasteiger partial charge in [0.05, 0.1) is 23.4 Å². The number of nitrogens with zero attached hydrogens (tertiary/aromatic N) is 3. The van der Waals surface area contributed by atoms with E-state index in [0.29, 0.717) is 23.1 Å². The van der Waals surface area contributed by atoms with Crippen LogP contribution in [-0.2, 0) is 23.0 Å². The van der Waals surface area contributed by atoms with E-state index in [0.717, 1.165) is 67.8 Å². The zero-order chi connectivity index (χ0) is 27.5. The molecule has 1 atom stereocenters. The van der Waals surface area contributed by atoms with Crippen LogP contribution in [0, 0.1) is 5.92 Å². The third kappa shape index (κ3) is 5.22. The molecule has 0 N–H and O–H groups in total. The topological polar surface area (TPSA) is 54.8 Å². The Morgan fingerprint density at radius 1 is 0.850 bits per heavy atom. The van der Waals surface area contributed by atoms with Crippen molar-refractivity contribution in [3.05, 3.63) is 96.7 Å². The van der Waals surface area contributed by atoms with Crippen LogP contribution in [0.3, 0.4) is 0 Å². The molecule has 1 fully saturated rings. The molecule has 7 heteroatoms. The quantitative estimate of drug-likeness (QED) is 0.257. The summed E-state index contributed by atoms with van der Waals surface area (Å²) in [5, 5.41) is 0. The van der Waals surface area contributed by atoms with E-state index < -0.39 is 10.0 Å². The summed E-state index contributed by atoms with van der Waals surface area (Å²) < 4.78 is 37.4. The molecule has 0 bridgehead atoms. The standard InChI is InChI=1S/C33H37N3O3S/c1-39-33-18-17-29(40(37,38)36-22-8-12-27-11-5-6-15-31(27)36)24-30(33)32-16-9-21-35(32)25-26-10-7-20-34(23-19-26)28-13-3-2-4-14-28/h2-6,9,11,13-18,21,24,26H,7-8,10,12,19-20,22-23,25H2,1H3. The van der Waals surface area contributed by atoms with E-state index in [9.17, 15) is 8.42 Å². The van der Waals surface area contributed by atoms with E-state index in [2.05, 4.69) is 52.1 Å². The number of rotatable bonds is 7. The number of benzene rings is 3. The van der Waals surface area contributed by atoms with Gasteiger partial charge in [0.2, 0.25) is 0 Å². The van der Waals surface area contributed by atoms with Crippen molar-refractivity contribution in [3.8, 4) is 17.0 Å². The maximum atomic E-state index is 13.9. The first kappa shape index (κ1) is 26.5. The van der Waals surface area contributed by atoms with Gasteiger partial charge in [0.1, 0.15) is 5.75 Å². The number of hydrogen-bond acceptors (Lipinski definition) is 4. The molecule has 6 rings (SSSR count). The van der Waals surface area contributed by atoms with Crippen molar-refractivity contribution in [1.82, 2.24) is 4.57 Å². The van der Waals surface area contributed by atoms with E-state index >= 15 is 0 Å². The number of sulfonamides is 1. The number of hydrogen-bond donors (Lipinski definition) is 0. The minimum absolute atomic E-state index is 0.292. The van der Waals surface area contributed by atoms with Crippen molar-refractivity contribution in [1.29, 1.82) is 0 Å². The molecule has 3 aromatic carbocycles. The molecular formula is C33H37N3O3S. The Labute approximate surface area is 237 Å². The highest BCUT2D eigenvalue weighted by molar-refractivity contribution is 7.92. The minimum atomic E-state index is -3.73. The number of aromatic nitrogens is 1. The van der Waals surface area contributed by atoms with Gasteiger partial charge in [-0.05, 0) is 92.1 Å². The molecule has 4 aromatic rings. The summed E-state index contributed by atoms with van der Waals surface area (Å²) in [6, 6.07) is 27.9. The monoisotopic (exact) mass is 555 g/mol. The Bertz CT molecular complexity index is 1560. The zero-order valence-electron chi connectivity index (χ0n) is 23.1. The number of para-hydroxylation sites is 2. The van der Waals surface area contributed by atoms with Crippen LogP contribution in [0.1, 0.15) is 31.2 Å². The van der Waals surface area contributed by atoms with Crippen molar-refractivity contribution in [3.63, 3.8) is 0 Å². The Kier molecular flexibility index (Phi) is 7.57. The Morgan fingerprint density at radius 2 is 1.68 bits per heavy atom. The van der Waals surface area contributed by atoms with E-state index in [-0.39, 0.29) is 0 Å². The molecular weight excluding hydrogens is 518 g/mol. The second kappa shape index (κ2) is 11.4. The molecule has 40 heavy (non-hydrogen) atoms. The van der Waals surface area contributed by atoms with Gasteiger partial charge in [0.25, 0.3) is 10.0 Å². The van der Waals surface area contributed by atoms with E-state index in [1.165, 1.54) is 12.1 Å². The van der Waals surface area contributed by atoms with Gasteiger partial charge in [-0.2, -0.15) is 0 Å². The highest BCUT2D eigenvalue weighted by atomic mass is 32.2. The number of methoxy groups -OCH3 is 1. The molecule has 0 amide bonds. The summed E-state index contributed by atoms with van der Waals surface area (Å²) in [6.07, 6.45) is 7.26. The largest absolute Gasteiger partial charge is 0.496 e. The van der Waals surface area contributed by atoms with Crippen LogP contribution in [0.25, 0.3) is 11.3 Å². The second-order valence-electron chi connectivity index (χ2n) is 10.8. The summed E-state index contributed by atoms with van der Waals surface area (Å²) in [5.74, 6) is 1.22. The fourth-order valence-electron chi connectivity index (χ4n) is 6.26. The third-order valence-electron chi connectivity index (χ3n) is 8.36. The lowest BCUT2D eigenvalue weighted by Gasteiger charge is -2.30. The van der Waals surface area contributed by atoms with Crippen molar-refractivity contribution in [2.24, 2.45) is 5.92 Å². The molecule has 0 radical (unpaired) electrons. The van der Waals surface area contributed by atoms with Crippen LogP contribution in [-0.4, -0.2) is 39.7 Å². The lowest BCUT2D eigenvalue weighted by Crippen LogP contribution is -2.35. The highest BCUT2D eigenvalue weighted by Gasteiger charge is 2.30. The first-order valence-corrected chi connectivity index (χ1v) is 15.7. The number of anilines is 2. The summed E-state index contributed by atoms with van der Waals surface area (Å²) in [7, 11) is -2.08. The number of ether oxygens (including phenoxy) is 1. The summed E-state index contributed by atoms with van der Waals surface area (Å²) in [5.41, 5.74) is 4.95. The molecule has 1 unspecified atom stereocenters. The SMILES string of the molecule is COc1ccc(S(=O)(=O)N2CCCc3ccccc32)cc1-c1cccn1CC1CCCN(c2ccccc2)CC1. The first-order chi connectivity index (χ1) is 19.5. The molecule has 1 aromatic heterocycles. The average Bonchev–Trinajstić information content (AvgIpc) is 3.33. The highest BCUT2D eigenvalue weighted by Crippen LogP contribution is 2.37. The molecule has 6 nitrogen and oxygen atoms in total. The van der Waals surface area contributed by atoms with Gasteiger partial charge < -0.3 is 14.2 Å². The van der Waals surface area contributed by atoms with Gasteiger partial charge in [-0.25, -0.2) is 8.42 Å². The van der Waals surface area contributed by atoms with E-state index in [1.807, 2.05) is 30.3 Å². The lowest BCUT2D eigenvalue weighted by atomic mass is 10.0. The predicted molar refractivity (Wildman–Crippen MR) is 162 cm³/mol. The average molecular weight is 556 g/mol. The molecule has 0 aliphatic carbocycles. The Balaban J connectivity index is 1.26. The molecule has 208 valence electrons. The second-order valence-corrected chi connectivity index (χ2v) is 12.7. The third-order valence-corrected chi connectivity index (χ3v) is 10.2. The maximum absolute atomic E-state index is 13.9. The zero-order valence-corrected chi connectivity index (χ0v) is 23.9. The maximum Gasteiger partial charge on any atom is 0.264 e. The number of fused-ring (bicyclic) bond motifs is 1. The predicted octanol–water partition coefficient (Wildman–Crippen LogP) is 6.61. The lowest BCUT2D eigenvalue weighted by molar-refractivity contribution is 0.404. The smallest absolute Gasteiger partial charge is 0.264 e. The molecule has 1 saturated heterocycles. The van der Waals surface area contributed by atoms with Crippen molar-refractivity contribution in [2.75, 3.05) is 35.9 Å². The van der Waals surface area contributed by atoms with Crippen LogP contribution < -0.4 is 13.9 Å². The molecule has 0 saturated carbocycles. The normalized spacial score (nSPS) is 17.8. The van der Waals surface area contributed by atoms with Crippen LogP contribution in [0.5, 0.6) is 5.75 Å². The molecule has 0 spiro atoms. The Morgan fingerprint density at radius 3 is 2.52 bits per heavy atom. The number of aryl methyl sites for hydroxylation is 1. The fourth-order valence-corrected chi connectivity index (χ4v) is 7.83. The van der Waals surface area contributed by atoms with Crippen LogP contribution in [0.4, 0.5) is 11.4 Å². The fraction of sp³-hybridized carbons (Fsp3) is 0.333. The van der Waals surface area contributed by atoms with Crippen LogP contribution >= 0.6 is 0 Å². The summed E-state index contributed by atoms with van der Waals surface area (Å²) in [4.78, 5) is 2.79. The van der Waals surface area contributed by atoms with Gasteiger partial charge in [-0.15, -0.1) is 0 Å². The Hall–Kier alpha value is -3.71. The van der Waals surface area contributed by atoms with E-state index in [1.54, 1.807) is 29.6 Å². The van der Waals surface area contributed by atoms with Crippen molar-refractivity contribution < 1.29 is 13.2 Å². The summed E-state index contributed by atoms with van der Waals surface area (Å²) >= 11 is 0. The first-order valence-electron chi connectivity index (χ1n) is 14.3. The van der Waals surface area contributed by atoms with Crippen LogP contribution in [0.15, 0.2) is 96.0 Å². The van der Waals surface area contributed by atoms with Crippen molar-refractivity contribution >= 4 is 21.4 Å². The molecule has 3 heterocycles. The van der Waals surface area contributed by atoms with Gasteiger partial charge in [0.15, 0.2) is 0 Å². The van der Waals surface area contributed by atoms with Crippen LogP contribution in [0.2, 0.25) is 0 Å². The van der Waals surface area contributed by atoms with Gasteiger partial charge >= 0.3 is 0 Å². The van der Waals surface area contributed by atoms with Gasteiger partial charge in [0, 0.05) is 43.6 Å². The molecule has 2 aliphatic heterocycles. The van der Waals surface area contributed by atoms with Crippen molar-refractivity contribution in [2.45, 2.75) is 43.5 Å². The molecule has 2 aliphatic rings. The summed E-state index contributed by atoms with van der Waals surface area (Å²) in [6.45, 7) is 3.50. The van der Waals surface area contributed by atoms with Gasteiger partial charge in [-0.3, -0.25) is 4.31 Å².